The fourth-order valence-electron chi connectivity index (χ4n) is 1.85. The minimum absolute atomic E-state index is 0.220. The van der Waals surface area contributed by atoms with E-state index in [-0.39, 0.29) is 5.69 Å². The molecule has 6 nitrogen and oxygen atoms in total. The summed E-state index contributed by atoms with van der Waals surface area (Å²) >= 11 is 0. The van der Waals surface area contributed by atoms with Crippen molar-refractivity contribution in [2.45, 2.75) is 0 Å². The largest absolute Gasteiger partial charge is 0.372 e. The molecular weight excluding hydrogens is 230 g/mol. The summed E-state index contributed by atoms with van der Waals surface area (Å²) in [4.78, 5) is 23.1. The van der Waals surface area contributed by atoms with E-state index in [1.54, 1.807) is 19.4 Å². The Hall–Kier alpha value is -2.63. The SMILES string of the molecule is CNc1cnc(-n2c(=O)[nH]c3ccccc32)cn1. The van der Waals surface area contributed by atoms with Gasteiger partial charge in [0.25, 0.3) is 0 Å². The van der Waals surface area contributed by atoms with E-state index in [1.165, 1.54) is 4.57 Å². The molecule has 0 bridgehead atoms. The lowest BCUT2D eigenvalue weighted by Crippen LogP contribution is -2.16. The molecule has 1 aromatic carbocycles. The Labute approximate surface area is 102 Å². The Balaban J connectivity index is 2.24. The van der Waals surface area contributed by atoms with Gasteiger partial charge in [-0.2, -0.15) is 0 Å². The van der Waals surface area contributed by atoms with Gasteiger partial charge in [0.15, 0.2) is 5.82 Å². The normalized spacial score (nSPS) is 10.7. The maximum Gasteiger partial charge on any atom is 0.332 e. The molecule has 0 aliphatic heterocycles. The van der Waals surface area contributed by atoms with Gasteiger partial charge in [0, 0.05) is 7.05 Å². The molecule has 3 rings (SSSR count). The number of anilines is 1. The first kappa shape index (κ1) is 10.5. The number of aromatic amines is 1. The van der Waals surface area contributed by atoms with E-state index >= 15 is 0 Å². The molecule has 2 aromatic heterocycles. The Morgan fingerprint density at radius 2 is 2.06 bits per heavy atom. The second-order valence-electron chi connectivity index (χ2n) is 3.79. The summed E-state index contributed by atoms with van der Waals surface area (Å²) in [6.07, 6.45) is 3.15. The maximum atomic E-state index is 11.9. The van der Waals surface area contributed by atoms with Crippen LogP contribution < -0.4 is 11.0 Å². The van der Waals surface area contributed by atoms with Crippen molar-refractivity contribution in [2.75, 3.05) is 12.4 Å². The molecule has 0 atom stereocenters. The summed E-state index contributed by atoms with van der Waals surface area (Å²) in [5.41, 5.74) is 1.35. The van der Waals surface area contributed by atoms with Gasteiger partial charge in [-0.15, -0.1) is 0 Å². The number of hydrogen-bond acceptors (Lipinski definition) is 4. The van der Waals surface area contributed by atoms with Gasteiger partial charge in [-0.05, 0) is 12.1 Å². The molecule has 0 fully saturated rings. The highest BCUT2D eigenvalue weighted by molar-refractivity contribution is 5.76. The summed E-state index contributed by atoms with van der Waals surface area (Å²) in [6.45, 7) is 0. The molecule has 90 valence electrons. The molecule has 0 unspecified atom stereocenters. The zero-order valence-corrected chi connectivity index (χ0v) is 9.71. The smallest absolute Gasteiger partial charge is 0.332 e. The van der Waals surface area contributed by atoms with Crippen molar-refractivity contribution < 1.29 is 0 Å². The van der Waals surface area contributed by atoms with Crippen LogP contribution in [0, 0.1) is 0 Å². The van der Waals surface area contributed by atoms with Crippen LogP contribution in [0.4, 0.5) is 5.82 Å². The number of aromatic nitrogens is 4. The van der Waals surface area contributed by atoms with Crippen molar-refractivity contribution in [1.82, 2.24) is 19.5 Å². The number of rotatable bonds is 2. The van der Waals surface area contributed by atoms with E-state index in [1.807, 2.05) is 24.3 Å². The maximum absolute atomic E-state index is 11.9. The minimum atomic E-state index is -0.220. The summed E-state index contributed by atoms with van der Waals surface area (Å²) < 4.78 is 1.50. The fraction of sp³-hybridized carbons (Fsp3) is 0.0833. The lowest BCUT2D eigenvalue weighted by atomic mass is 10.3. The van der Waals surface area contributed by atoms with Crippen molar-refractivity contribution in [3.63, 3.8) is 0 Å². The van der Waals surface area contributed by atoms with Crippen LogP contribution in [0.2, 0.25) is 0 Å². The first-order chi connectivity index (χ1) is 8.79. The number of imidazole rings is 1. The van der Waals surface area contributed by atoms with Gasteiger partial charge in [-0.25, -0.2) is 19.3 Å². The van der Waals surface area contributed by atoms with Crippen LogP contribution in [0.3, 0.4) is 0 Å². The van der Waals surface area contributed by atoms with Gasteiger partial charge in [0.1, 0.15) is 5.82 Å². The van der Waals surface area contributed by atoms with E-state index in [0.717, 1.165) is 11.0 Å². The second-order valence-corrected chi connectivity index (χ2v) is 3.79. The highest BCUT2D eigenvalue weighted by atomic mass is 16.1. The number of nitrogens with one attached hydrogen (secondary N) is 2. The Kier molecular flexibility index (Phi) is 2.33. The molecule has 2 N–H and O–H groups in total. The molecule has 0 saturated heterocycles. The van der Waals surface area contributed by atoms with E-state index in [9.17, 15) is 4.79 Å². The number of H-pyrrole nitrogens is 1. The lowest BCUT2D eigenvalue weighted by molar-refractivity contribution is 0.949. The van der Waals surface area contributed by atoms with Crippen molar-refractivity contribution >= 4 is 16.9 Å². The average Bonchev–Trinajstić information content (AvgIpc) is 2.75. The van der Waals surface area contributed by atoms with Crippen molar-refractivity contribution in [3.05, 3.63) is 47.1 Å². The van der Waals surface area contributed by atoms with Crippen LogP contribution in [0.1, 0.15) is 0 Å². The summed E-state index contributed by atoms with van der Waals surface area (Å²) in [5.74, 6) is 1.16. The third-order valence-electron chi connectivity index (χ3n) is 2.71. The minimum Gasteiger partial charge on any atom is -0.372 e. The predicted octanol–water partition coefficient (Wildman–Crippen LogP) is 1.15. The number of nitrogens with zero attached hydrogens (tertiary/aromatic N) is 3. The molecule has 18 heavy (non-hydrogen) atoms. The van der Waals surface area contributed by atoms with Gasteiger partial charge in [-0.3, -0.25) is 0 Å². The Morgan fingerprint density at radius 3 is 2.78 bits per heavy atom. The lowest BCUT2D eigenvalue weighted by Gasteiger charge is -2.03. The quantitative estimate of drug-likeness (QED) is 0.705. The van der Waals surface area contributed by atoms with E-state index in [0.29, 0.717) is 11.6 Å². The zero-order chi connectivity index (χ0) is 12.5. The van der Waals surface area contributed by atoms with E-state index in [2.05, 4.69) is 20.3 Å². The highest BCUT2D eigenvalue weighted by Gasteiger charge is 2.09. The van der Waals surface area contributed by atoms with E-state index in [4.69, 9.17) is 0 Å². The van der Waals surface area contributed by atoms with Crippen LogP contribution in [0.15, 0.2) is 41.5 Å². The van der Waals surface area contributed by atoms with Gasteiger partial charge >= 0.3 is 5.69 Å². The van der Waals surface area contributed by atoms with Gasteiger partial charge in [0.2, 0.25) is 0 Å². The van der Waals surface area contributed by atoms with Gasteiger partial charge in [-0.1, -0.05) is 12.1 Å². The number of benzene rings is 1. The summed E-state index contributed by atoms with van der Waals surface area (Å²) in [6, 6.07) is 7.46. The molecule has 2 heterocycles. The van der Waals surface area contributed by atoms with Crippen molar-refractivity contribution in [1.29, 1.82) is 0 Å². The first-order valence-electron chi connectivity index (χ1n) is 5.49. The fourth-order valence-corrected chi connectivity index (χ4v) is 1.85. The Morgan fingerprint density at radius 1 is 1.22 bits per heavy atom. The predicted molar refractivity (Wildman–Crippen MR) is 69.0 cm³/mol. The van der Waals surface area contributed by atoms with Crippen LogP contribution >= 0.6 is 0 Å². The van der Waals surface area contributed by atoms with Crippen molar-refractivity contribution in [2.24, 2.45) is 0 Å². The third-order valence-corrected chi connectivity index (χ3v) is 2.71. The molecule has 0 amide bonds. The van der Waals surface area contributed by atoms with Gasteiger partial charge < -0.3 is 10.3 Å². The highest BCUT2D eigenvalue weighted by Crippen LogP contribution is 2.13. The molecule has 0 radical (unpaired) electrons. The summed E-state index contributed by atoms with van der Waals surface area (Å²) in [5, 5.41) is 2.88. The number of para-hydroxylation sites is 2. The molecule has 0 saturated carbocycles. The molecular formula is C12H11N5O. The molecule has 0 aliphatic rings. The number of fused-ring (bicyclic) bond motifs is 1. The summed E-state index contributed by atoms with van der Waals surface area (Å²) in [7, 11) is 1.77. The third kappa shape index (κ3) is 1.55. The van der Waals surface area contributed by atoms with Gasteiger partial charge in [0.05, 0.1) is 23.4 Å². The van der Waals surface area contributed by atoms with Crippen LogP contribution in [0.25, 0.3) is 16.9 Å². The molecule has 0 aliphatic carbocycles. The van der Waals surface area contributed by atoms with Crippen LogP contribution in [-0.4, -0.2) is 26.6 Å². The zero-order valence-electron chi connectivity index (χ0n) is 9.71. The van der Waals surface area contributed by atoms with Crippen LogP contribution in [-0.2, 0) is 0 Å². The topological polar surface area (TPSA) is 75.6 Å². The first-order valence-corrected chi connectivity index (χ1v) is 5.49. The van der Waals surface area contributed by atoms with E-state index < -0.39 is 0 Å². The van der Waals surface area contributed by atoms with Crippen LogP contribution in [0.5, 0.6) is 0 Å². The monoisotopic (exact) mass is 241 g/mol. The Bertz CT molecular complexity index is 741. The molecule has 0 spiro atoms. The average molecular weight is 241 g/mol. The second kappa shape index (κ2) is 3.99. The van der Waals surface area contributed by atoms with Crippen molar-refractivity contribution in [3.8, 4) is 5.82 Å². The number of hydrogen-bond donors (Lipinski definition) is 2. The standard InChI is InChI=1S/C12H11N5O/c1-13-10-6-15-11(7-14-10)17-9-5-3-2-4-8(9)16-12(17)18/h2-7H,1H3,(H,13,14)(H,16,18). The molecule has 6 heteroatoms. The molecule has 3 aromatic rings.